The van der Waals surface area contributed by atoms with Gasteiger partial charge in [-0.15, -0.1) is 0 Å². The number of ether oxygens (including phenoxy) is 10. The minimum absolute atomic E-state index is 0.0262. The molecule has 0 aromatic heterocycles. The molecule has 2 heterocycles. The van der Waals surface area contributed by atoms with Crippen molar-refractivity contribution in [1.29, 1.82) is 0 Å². The van der Waals surface area contributed by atoms with E-state index >= 15 is 0 Å². The van der Waals surface area contributed by atoms with Crippen molar-refractivity contribution in [1.82, 2.24) is 0 Å². The molecule has 10 atom stereocenters. The van der Waals surface area contributed by atoms with E-state index in [4.69, 9.17) is 47.4 Å². The normalized spacial score (nSPS) is 24.7. The van der Waals surface area contributed by atoms with Gasteiger partial charge in [-0.1, -0.05) is 182 Å². The van der Waals surface area contributed by atoms with Gasteiger partial charge in [-0.3, -0.25) is 10.1 Å². The molecule has 2 fully saturated rings. The maximum atomic E-state index is 12.5. The van der Waals surface area contributed by atoms with Crippen LogP contribution >= 0.6 is 0 Å². The Balaban J connectivity index is 1.19. The van der Waals surface area contributed by atoms with Gasteiger partial charge in [-0.2, -0.15) is 0 Å². The lowest BCUT2D eigenvalue weighted by molar-refractivity contribution is -0.503. The van der Waals surface area contributed by atoms with Crippen molar-refractivity contribution in [2.24, 2.45) is 5.92 Å². The van der Waals surface area contributed by atoms with Crippen LogP contribution < -0.4 is 0 Å². The summed E-state index contributed by atoms with van der Waals surface area (Å²) in [5, 5.41) is 12.5. The van der Waals surface area contributed by atoms with Crippen molar-refractivity contribution in [2.45, 2.75) is 94.9 Å². The van der Waals surface area contributed by atoms with Gasteiger partial charge >= 0.3 is 0 Å². The Kier molecular flexibility index (Phi) is 19.0. The zero-order valence-corrected chi connectivity index (χ0v) is 38.8. The summed E-state index contributed by atoms with van der Waals surface area (Å²) >= 11 is 0. The summed E-state index contributed by atoms with van der Waals surface area (Å²) in [4.78, 5) is 12.1. The van der Waals surface area contributed by atoms with E-state index < -0.39 is 67.8 Å². The van der Waals surface area contributed by atoms with E-state index in [1.807, 2.05) is 182 Å². The molecule has 0 aliphatic carbocycles. The van der Waals surface area contributed by atoms with E-state index in [-0.39, 0.29) is 51.2 Å². The van der Waals surface area contributed by atoms with Crippen LogP contribution in [0, 0.1) is 16.0 Å². The number of nitro groups is 1. The first kappa shape index (κ1) is 49.7. The van der Waals surface area contributed by atoms with E-state index in [1.54, 1.807) is 0 Å². The molecule has 0 radical (unpaired) electrons. The number of methoxy groups -OCH3 is 1. The molecule has 13 heteroatoms. The van der Waals surface area contributed by atoms with Crippen molar-refractivity contribution < 1.29 is 52.3 Å². The lowest BCUT2D eigenvalue weighted by atomic mass is 9.89. The Morgan fingerprint density at radius 1 is 0.420 bits per heavy atom. The van der Waals surface area contributed by atoms with Crippen LogP contribution in [-0.4, -0.2) is 87.1 Å². The predicted molar refractivity (Wildman–Crippen MR) is 257 cm³/mol. The van der Waals surface area contributed by atoms with Crippen molar-refractivity contribution in [2.75, 3.05) is 26.9 Å². The molecule has 0 spiro atoms. The van der Waals surface area contributed by atoms with Gasteiger partial charge in [0.15, 0.2) is 12.6 Å². The predicted octanol–water partition coefficient (Wildman–Crippen LogP) is 9.14. The van der Waals surface area contributed by atoms with Gasteiger partial charge in [-0.05, 0) is 33.4 Å². The highest BCUT2D eigenvalue weighted by Crippen LogP contribution is 2.38. The molecule has 2 saturated heterocycles. The van der Waals surface area contributed by atoms with Gasteiger partial charge in [0, 0.05) is 12.0 Å². The van der Waals surface area contributed by atoms with E-state index in [1.165, 1.54) is 7.11 Å². The van der Waals surface area contributed by atoms with Crippen LogP contribution in [-0.2, 0) is 87.0 Å². The summed E-state index contributed by atoms with van der Waals surface area (Å²) in [5.41, 5.74) is 5.64. The second-order valence-corrected chi connectivity index (χ2v) is 17.1. The van der Waals surface area contributed by atoms with E-state index in [9.17, 15) is 10.1 Å². The molecule has 8 rings (SSSR count). The highest BCUT2D eigenvalue weighted by Gasteiger charge is 2.55. The lowest BCUT2D eigenvalue weighted by Crippen LogP contribution is -2.65. The van der Waals surface area contributed by atoms with Crippen LogP contribution in [0.4, 0.5) is 0 Å². The molecule has 2 aliphatic rings. The number of benzene rings is 6. The summed E-state index contributed by atoms with van der Waals surface area (Å²) in [6.07, 6.45) is -8.28. The quantitative estimate of drug-likeness (QED) is 0.0400. The molecule has 6 aromatic rings. The zero-order chi connectivity index (χ0) is 47.5. The van der Waals surface area contributed by atoms with E-state index in [2.05, 4.69) is 0 Å². The summed E-state index contributed by atoms with van der Waals surface area (Å²) < 4.78 is 67.4. The van der Waals surface area contributed by atoms with E-state index in [0.717, 1.165) is 33.4 Å². The van der Waals surface area contributed by atoms with Crippen molar-refractivity contribution >= 4 is 0 Å². The second kappa shape index (κ2) is 26.3. The Hall–Kier alpha value is -5.68. The number of rotatable bonds is 25. The van der Waals surface area contributed by atoms with Crippen LogP contribution in [0.2, 0.25) is 0 Å². The monoisotopic (exact) mass is 939 g/mol. The third-order valence-electron chi connectivity index (χ3n) is 12.2. The highest BCUT2D eigenvalue weighted by molar-refractivity contribution is 5.18. The molecule has 362 valence electrons. The Morgan fingerprint density at radius 2 is 0.754 bits per heavy atom. The van der Waals surface area contributed by atoms with Crippen LogP contribution in [0.15, 0.2) is 182 Å². The van der Waals surface area contributed by atoms with Gasteiger partial charge < -0.3 is 47.4 Å². The van der Waals surface area contributed by atoms with E-state index in [0.29, 0.717) is 6.61 Å². The Bertz CT molecular complexity index is 2350. The Labute approximate surface area is 404 Å². The molecule has 13 nitrogen and oxygen atoms in total. The number of nitrogens with zero attached hydrogens (tertiary/aromatic N) is 1. The molecule has 6 aromatic carbocycles. The molecule has 0 N–H and O–H groups in total. The second-order valence-electron chi connectivity index (χ2n) is 17.1. The first-order valence-electron chi connectivity index (χ1n) is 23.5. The maximum absolute atomic E-state index is 12.5. The minimum Gasteiger partial charge on any atom is -0.374 e. The Morgan fingerprint density at radius 3 is 1.14 bits per heavy atom. The maximum Gasteiger partial charge on any atom is 0.214 e. The van der Waals surface area contributed by atoms with Gasteiger partial charge in [0.25, 0.3) is 0 Å². The van der Waals surface area contributed by atoms with Crippen molar-refractivity contribution in [3.63, 3.8) is 0 Å². The van der Waals surface area contributed by atoms with Crippen LogP contribution in [0.3, 0.4) is 0 Å². The summed E-state index contributed by atoms with van der Waals surface area (Å²) in [7, 11) is 1.47. The molecule has 69 heavy (non-hydrogen) atoms. The largest absolute Gasteiger partial charge is 0.374 e. The van der Waals surface area contributed by atoms with Gasteiger partial charge in [0.05, 0.1) is 52.9 Å². The smallest absolute Gasteiger partial charge is 0.214 e. The number of hydrogen-bond donors (Lipinski definition) is 0. The fourth-order valence-corrected chi connectivity index (χ4v) is 8.72. The molecule has 2 aliphatic heterocycles. The fourth-order valence-electron chi connectivity index (χ4n) is 8.72. The average Bonchev–Trinajstić information content (AvgIpc) is 3.39. The molecule has 0 bridgehead atoms. The average molecular weight is 940 g/mol. The van der Waals surface area contributed by atoms with Crippen LogP contribution in [0.5, 0.6) is 0 Å². The summed E-state index contributed by atoms with van der Waals surface area (Å²) in [6.45, 7) is 0.960. The molecular weight excluding hydrogens is 879 g/mol. The molecule has 10 unspecified atom stereocenters. The molecular formula is C56H61NO12. The fraction of sp³-hybridized carbons (Fsp3) is 0.357. The summed E-state index contributed by atoms with van der Waals surface area (Å²) in [6, 6.07) is 59.0. The molecule has 0 amide bonds. The highest BCUT2D eigenvalue weighted by atomic mass is 16.8. The van der Waals surface area contributed by atoms with Gasteiger partial charge in [-0.25, -0.2) is 0 Å². The van der Waals surface area contributed by atoms with Crippen molar-refractivity contribution in [3.05, 3.63) is 225 Å². The van der Waals surface area contributed by atoms with Crippen LogP contribution in [0.1, 0.15) is 33.4 Å². The van der Waals surface area contributed by atoms with Crippen LogP contribution in [0.25, 0.3) is 0 Å². The summed E-state index contributed by atoms with van der Waals surface area (Å²) in [5.74, 6) is -0.909. The third-order valence-corrected chi connectivity index (χ3v) is 12.2. The van der Waals surface area contributed by atoms with Gasteiger partial charge in [0.1, 0.15) is 48.6 Å². The molecule has 0 saturated carbocycles. The first-order chi connectivity index (χ1) is 34.0. The number of hydrogen-bond acceptors (Lipinski definition) is 12. The third kappa shape index (κ3) is 14.7. The SMILES string of the molecule is COC1OC(COCc2ccccc2)C(OC2OC(COCc3ccccc3)C(OCc3ccccc3)C(OCc3ccccc3)C2OCc2ccccc2)C(OCc2ccccc2)C1C[N+](=O)[O-]. The van der Waals surface area contributed by atoms with Gasteiger partial charge in [0.2, 0.25) is 6.54 Å². The topological polar surface area (TPSA) is 135 Å². The lowest BCUT2D eigenvalue weighted by Gasteiger charge is -2.49. The first-order valence-corrected chi connectivity index (χ1v) is 23.5. The standard InChI is InChI=1S/C56H61NO12/c1-60-55-47(32-57(58)59)50(63-35-43-24-12-4-13-25-43)52(49(67-55)40-62-34-42-22-10-3-11-23-42)69-56-54(66-38-46-30-18-7-19-31-46)53(65-37-45-28-16-6-17-29-45)51(64-36-44-26-14-5-15-27-44)48(68-56)39-61-33-41-20-8-2-9-21-41/h2-31,47-56H,32-40H2,1H3. The zero-order valence-electron chi connectivity index (χ0n) is 38.8. The van der Waals surface area contributed by atoms with Crippen molar-refractivity contribution in [3.8, 4) is 0 Å². The minimum atomic E-state index is -1.18.